The van der Waals surface area contributed by atoms with Crippen LogP contribution in [0.4, 0.5) is 17.6 Å². The van der Waals surface area contributed by atoms with Gasteiger partial charge in [0.2, 0.25) is 0 Å². The number of rotatable bonds is 7. The number of nitrogens with one attached hydrogen (secondary N) is 1. The molecule has 1 heterocycles. The van der Waals surface area contributed by atoms with Crippen molar-refractivity contribution >= 4 is 5.91 Å². The number of methoxy groups -OCH3 is 1. The molecular weight excluding hydrogens is 408 g/mol. The Morgan fingerprint density at radius 2 is 1.70 bits per heavy atom. The molecule has 0 fully saturated rings. The van der Waals surface area contributed by atoms with Crippen LogP contribution in [0.1, 0.15) is 16.2 Å². The van der Waals surface area contributed by atoms with Crippen molar-refractivity contribution in [1.82, 2.24) is 20.3 Å². The van der Waals surface area contributed by atoms with Gasteiger partial charge in [-0.3, -0.25) is 4.79 Å². The molecule has 0 atom stereocenters. The summed E-state index contributed by atoms with van der Waals surface area (Å²) in [5, 5.41) is 9.10. The summed E-state index contributed by atoms with van der Waals surface area (Å²) in [6.45, 7) is -0.0446. The second-order valence-corrected chi connectivity index (χ2v) is 5.95. The first-order chi connectivity index (χ1) is 14.3. The SMILES string of the molecule is COc1ccc(OCCNC(=O)c2nnn(-c3ccc(F)cc3)c2C(F)(F)F)cc1. The van der Waals surface area contributed by atoms with E-state index < -0.39 is 29.3 Å². The maximum Gasteiger partial charge on any atom is 0.435 e. The number of ether oxygens (including phenoxy) is 2. The number of carbonyl (C=O) groups excluding carboxylic acids is 1. The lowest BCUT2D eigenvalue weighted by Gasteiger charge is -2.11. The molecule has 7 nitrogen and oxygen atoms in total. The molecule has 3 aromatic rings. The van der Waals surface area contributed by atoms with Crippen molar-refractivity contribution < 1.29 is 31.8 Å². The molecule has 0 bridgehead atoms. The third-order valence-corrected chi connectivity index (χ3v) is 3.94. The number of nitrogens with zero attached hydrogens (tertiary/aromatic N) is 3. The maximum absolute atomic E-state index is 13.5. The standard InChI is InChI=1S/C19H16F4N4O3/c1-29-14-6-8-15(9-7-14)30-11-10-24-18(28)16-17(19(21,22)23)27(26-25-16)13-4-2-12(20)3-5-13/h2-9H,10-11H2,1H3,(H,24,28). The van der Waals surface area contributed by atoms with Gasteiger partial charge in [-0.25, -0.2) is 9.07 Å². The van der Waals surface area contributed by atoms with Gasteiger partial charge in [0.1, 0.15) is 23.9 Å². The van der Waals surface area contributed by atoms with Crippen molar-refractivity contribution in [3.8, 4) is 17.2 Å². The fraction of sp³-hybridized carbons (Fsp3) is 0.211. The molecule has 0 saturated heterocycles. The van der Waals surface area contributed by atoms with Crippen LogP contribution in [0.3, 0.4) is 0 Å². The number of benzene rings is 2. The number of carbonyl (C=O) groups is 1. The fourth-order valence-corrected chi connectivity index (χ4v) is 2.54. The van der Waals surface area contributed by atoms with Gasteiger partial charge >= 0.3 is 6.18 Å². The van der Waals surface area contributed by atoms with Crippen molar-refractivity contribution in [2.24, 2.45) is 0 Å². The summed E-state index contributed by atoms with van der Waals surface area (Å²) < 4.78 is 64.6. The molecule has 0 unspecified atom stereocenters. The first-order valence-corrected chi connectivity index (χ1v) is 8.63. The summed E-state index contributed by atoms with van der Waals surface area (Å²) in [6, 6.07) is 10.8. The van der Waals surface area contributed by atoms with Gasteiger partial charge in [-0.15, -0.1) is 5.10 Å². The molecule has 2 aromatic carbocycles. The van der Waals surface area contributed by atoms with Gasteiger partial charge in [-0.1, -0.05) is 5.21 Å². The zero-order chi connectivity index (χ0) is 21.7. The van der Waals surface area contributed by atoms with E-state index in [0.717, 1.165) is 24.3 Å². The van der Waals surface area contributed by atoms with Crippen molar-refractivity contribution in [1.29, 1.82) is 0 Å². The Morgan fingerprint density at radius 3 is 2.30 bits per heavy atom. The smallest absolute Gasteiger partial charge is 0.435 e. The highest BCUT2D eigenvalue weighted by molar-refractivity contribution is 5.93. The average molecular weight is 424 g/mol. The molecule has 158 valence electrons. The van der Waals surface area contributed by atoms with Crippen LogP contribution in [0.25, 0.3) is 5.69 Å². The third-order valence-electron chi connectivity index (χ3n) is 3.94. The molecule has 1 aromatic heterocycles. The lowest BCUT2D eigenvalue weighted by Crippen LogP contribution is -2.30. The number of hydrogen-bond donors (Lipinski definition) is 1. The molecule has 30 heavy (non-hydrogen) atoms. The molecule has 0 aliphatic rings. The molecule has 3 rings (SSSR count). The maximum atomic E-state index is 13.5. The predicted octanol–water partition coefficient (Wildman–Crippen LogP) is 3.24. The van der Waals surface area contributed by atoms with E-state index in [2.05, 4.69) is 15.6 Å². The molecule has 0 spiro atoms. The Morgan fingerprint density at radius 1 is 1.07 bits per heavy atom. The minimum atomic E-state index is -4.91. The first-order valence-electron chi connectivity index (χ1n) is 8.63. The van der Waals surface area contributed by atoms with Gasteiger partial charge in [0.15, 0.2) is 11.4 Å². The molecule has 0 radical (unpaired) electrons. The summed E-state index contributed by atoms with van der Waals surface area (Å²) in [5.41, 5.74) is -2.34. The van der Waals surface area contributed by atoms with Crippen LogP contribution in [0.15, 0.2) is 48.5 Å². The van der Waals surface area contributed by atoms with E-state index >= 15 is 0 Å². The van der Waals surface area contributed by atoms with Crippen LogP contribution in [-0.4, -0.2) is 41.2 Å². The largest absolute Gasteiger partial charge is 0.497 e. The van der Waals surface area contributed by atoms with E-state index in [-0.39, 0.29) is 18.8 Å². The van der Waals surface area contributed by atoms with Gasteiger partial charge < -0.3 is 14.8 Å². The van der Waals surface area contributed by atoms with E-state index in [1.807, 2.05) is 0 Å². The average Bonchev–Trinajstić information content (AvgIpc) is 3.18. The van der Waals surface area contributed by atoms with E-state index in [9.17, 15) is 22.4 Å². The minimum absolute atomic E-state index is 0.0194. The van der Waals surface area contributed by atoms with Crippen LogP contribution >= 0.6 is 0 Å². The number of amides is 1. The highest BCUT2D eigenvalue weighted by Crippen LogP contribution is 2.32. The summed E-state index contributed by atoms with van der Waals surface area (Å²) in [5.74, 6) is -0.542. The van der Waals surface area contributed by atoms with Gasteiger partial charge in [0, 0.05) is 0 Å². The quantitative estimate of drug-likeness (QED) is 0.466. The van der Waals surface area contributed by atoms with Gasteiger partial charge in [0.25, 0.3) is 5.91 Å². The molecule has 0 aliphatic carbocycles. The Hall–Kier alpha value is -3.63. The summed E-state index contributed by atoms with van der Waals surface area (Å²) in [4.78, 5) is 12.2. The van der Waals surface area contributed by atoms with Crippen molar-refractivity contribution in [3.63, 3.8) is 0 Å². The number of halogens is 4. The molecule has 0 saturated carbocycles. The summed E-state index contributed by atoms with van der Waals surface area (Å²) in [7, 11) is 1.52. The zero-order valence-electron chi connectivity index (χ0n) is 15.6. The van der Waals surface area contributed by atoms with Crippen LogP contribution in [0, 0.1) is 5.82 Å². The zero-order valence-corrected chi connectivity index (χ0v) is 15.6. The van der Waals surface area contributed by atoms with Crippen molar-refractivity contribution in [3.05, 3.63) is 65.7 Å². The lowest BCUT2D eigenvalue weighted by atomic mass is 10.2. The Kier molecular flexibility index (Phi) is 6.19. The van der Waals surface area contributed by atoms with E-state index in [1.165, 1.54) is 7.11 Å². The van der Waals surface area contributed by atoms with Crippen LogP contribution in [0.2, 0.25) is 0 Å². The van der Waals surface area contributed by atoms with Crippen LogP contribution in [-0.2, 0) is 6.18 Å². The molecule has 0 aliphatic heterocycles. The molecule has 11 heteroatoms. The predicted molar refractivity (Wildman–Crippen MR) is 97.1 cm³/mol. The Balaban J connectivity index is 1.68. The molecule has 1 N–H and O–H groups in total. The number of alkyl halides is 3. The monoisotopic (exact) mass is 424 g/mol. The first kappa shape index (κ1) is 21.1. The van der Waals surface area contributed by atoms with E-state index in [1.54, 1.807) is 24.3 Å². The second kappa shape index (κ2) is 8.80. The Labute approximate surface area is 168 Å². The highest BCUT2D eigenvalue weighted by atomic mass is 19.4. The molecular formula is C19H16F4N4O3. The fourth-order valence-electron chi connectivity index (χ4n) is 2.54. The third kappa shape index (κ3) is 4.85. The minimum Gasteiger partial charge on any atom is -0.497 e. The van der Waals surface area contributed by atoms with Crippen molar-refractivity contribution in [2.75, 3.05) is 20.3 Å². The number of hydrogen-bond acceptors (Lipinski definition) is 5. The highest BCUT2D eigenvalue weighted by Gasteiger charge is 2.41. The second-order valence-electron chi connectivity index (χ2n) is 5.95. The van der Waals surface area contributed by atoms with E-state index in [0.29, 0.717) is 16.2 Å². The molecule has 1 amide bonds. The van der Waals surface area contributed by atoms with E-state index in [4.69, 9.17) is 9.47 Å². The van der Waals surface area contributed by atoms with Crippen LogP contribution < -0.4 is 14.8 Å². The Bertz CT molecular complexity index is 1000. The van der Waals surface area contributed by atoms with Gasteiger partial charge in [0.05, 0.1) is 19.3 Å². The lowest BCUT2D eigenvalue weighted by molar-refractivity contribution is -0.143. The topological polar surface area (TPSA) is 78.3 Å². The normalized spacial score (nSPS) is 11.2. The summed E-state index contributed by atoms with van der Waals surface area (Å²) in [6.07, 6.45) is -4.91. The van der Waals surface area contributed by atoms with Gasteiger partial charge in [-0.2, -0.15) is 13.2 Å². The van der Waals surface area contributed by atoms with Crippen LogP contribution in [0.5, 0.6) is 11.5 Å². The van der Waals surface area contributed by atoms with Gasteiger partial charge in [-0.05, 0) is 48.5 Å². The number of aromatic nitrogens is 3. The summed E-state index contributed by atoms with van der Waals surface area (Å²) >= 11 is 0. The van der Waals surface area contributed by atoms with Crippen molar-refractivity contribution in [2.45, 2.75) is 6.18 Å².